The van der Waals surface area contributed by atoms with Gasteiger partial charge in [-0.15, -0.1) is 0 Å². The quantitative estimate of drug-likeness (QED) is 0.664. The Labute approximate surface area is 151 Å². The van der Waals surface area contributed by atoms with Gasteiger partial charge in [0.05, 0.1) is 28.0 Å². The van der Waals surface area contributed by atoms with Crippen LogP contribution in [0.15, 0.2) is 41.5 Å². The van der Waals surface area contributed by atoms with Crippen molar-refractivity contribution in [3.8, 4) is 11.4 Å². The maximum atomic E-state index is 12.7. The maximum Gasteiger partial charge on any atom is 0.262 e. The number of aryl methyl sites for hydroxylation is 1. The molecule has 3 aromatic rings. The molecule has 8 nitrogen and oxygen atoms in total. The van der Waals surface area contributed by atoms with Crippen LogP contribution in [0, 0.1) is 6.92 Å². The molecule has 1 aromatic carbocycles. The van der Waals surface area contributed by atoms with Crippen LogP contribution >= 0.6 is 11.6 Å². The van der Waals surface area contributed by atoms with Crippen LogP contribution in [0.25, 0.3) is 11.4 Å². The first-order chi connectivity index (χ1) is 12.4. The summed E-state index contributed by atoms with van der Waals surface area (Å²) in [7, 11) is 0. The van der Waals surface area contributed by atoms with Crippen LogP contribution in [0.1, 0.15) is 26.3 Å². The number of nitrogens with zero attached hydrogens (tertiary/aromatic N) is 3. The molecule has 0 radical (unpaired) electrons. The lowest BCUT2D eigenvalue weighted by Crippen LogP contribution is -2.25. The van der Waals surface area contributed by atoms with Gasteiger partial charge in [0.1, 0.15) is 11.5 Å². The molecule has 0 spiro atoms. The van der Waals surface area contributed by atoms with E-state index >= 15 is 0 Å². The van der Waals surface area contributed by atoms with Gasteiger partial charge in [0.25, 0.3) is 17.4 Å². The fourth-order valence-corrected chi connectivity index (χ4v) is 3.23. The molecule has 0 bridgehead atoms. The number of amides is 2. The van der Waals surface area contributed by atoms with Gasteiger partial charge in [0.15, 0.2) is 0 Å². The number of nitrogen functional groups attached to an aromatic ring is 1. The Bertz CT molecular complexity index is 1160. The van der Waals surface area contributed by atoms with Crippen LogP contribution in [0.4, 0.5) is 5.82 Å². The standard InChI is InChI=1S/C17H12ClN5O3/c1-8-6-20-22(7-8)14-10(18)3-2-4-11(14)23-12(24)5-9-13(15(23)19)17(26)21-16(9)25/h2-7H,19H2,1H3,(H,21,25,26). The number of benzene rings is 1. The van der Waals surface area contributed by atoms with Crippen molar-refractivity contribution in [3.63, 3.8) is 0 Å². The minimum atomic E-state index is -0.644. The maximum absolute atomic E-state index is 12.7. The number of pyridine rings is 1. The Hall–Kier alpha value is -3.39. The fourth-order valence-electron chi connectivity index (χ4n) is 2.97. The zero-order valence-corrected chi connectivity index (χ0v) is 14.2. The first kappa shape index (κ1) is 16.1. The van der Waals surface area contributed by atoms with Gasteiger partial charge in [-0.1, -0.05) is 17.7 Å². The van der Waals surface area contributed by atoms with Crippen LogP contribution < -0.4 is 16.6 Å². The van der Waals surface area contributed by atoms with Crippen molar-refractivity contribution >= 4 is 29.2 Å². The van der Waals surface area contributed by atoms with E-state index in [-0.39, 0.29) is 16.9 Å². The van der Waals surface area contributed by atoms with Gasteiger partial charge in [-0.3, -0.25) is 24.3 Å². The Kier molecular flexibility index (Phi) is 3.45. The van der Waals surface area contributed by atoms with Gasteiger partial charge in [-0.2, -0.15) is 5.10 Å². The summed E-state index contributed by atoms with van der Waals surface area (Å²) in [6.45, 7) is 1.87. The van der Waals surface area contributed by atoms with Crippen LogP contribution in [0.3, 0.4) is 0 Å². The lowest BCUT2D eigenvalue weighted by atomic mass is 10.1. The molecule has 26 heavy (non-hydrogen) atoms. The molecule has 9 heteroatoms. The number of aromatic nitrogens is 3. The van der Waals surface area contributed by atoms with E-state index in [9.17, 15) is 14.4 Å². The number of hydrogen-bond donors (Lipinski definition) is 2. The average Bonchev–Trinajstić information content (AvgIpc) is 3.11. The summed E-state index contributed by atoms with van der Waals surface area (Å²) < 4.78 is 2.67. The molecule has 0 saturated heterocycles. The highest BCUT2D eigenvalue weighted by Gasteiger charge is 2.32. The van der Waals surface area contributed by atoms with Gasteiger partial charge in [-0.25, -0.2) is 4.68 Å². The van der Waals surface area contributed by atoms with E-state index in [0.717, 1.165) is 16.2 Å². The van der Waals surface area contributed by atoms with Crippen molar-refractivity contribution in [1.82, 2.24) is 19.7 Å². The number of fused-ring (bicyclic) bond motifs is 1. The summed E-state index contributed by atoms with van der Waals surface area (Å²) >= 11 is 6.35. The van der Waals surface area contributed by atoms with E-state index in [4.69, 9.17) is 17.3 Å². The minimum Gasteiger partial charge on any atom is -0.384 e. The Morgan fingerprint density at radius 3 is 2.65 bits per heavy atom. The zero-order valence-electron chi connectivity index (χ0n) is 13.5. The monoisotopic (exact) mass is 369 g/mol. The first-order valence-electron chi connectivity index (χ1n) is 7.60. The third kappa shape index (κ3) is 2.23. The molecule has 0 aliphatic carbocycles. The van der Waals surface area contributed by atoms with Crippen molar-refractivity contribution in [1.29, 1.82) is 0 Å². The molecule has 0 fully saturated rings. The highest BCUT2D eigenvalue weighted by molar-refractivity contribution is 6.32. The molecule has 3 N–H and O–H groups in total. The molecule has 1 aliphatic heterocycles. The minimum absolute atomic E-state index is 0.0304. The summed E-state index contributed by atoms with van der Waals surface area (Å²) in [6.07, 6.45) is 3.39. The second-order valence-electron chi connectivity index (χ2n) is 5.84. The second kappa shape index (κ2) is 5.57. The molecular formula is C17H12ClN5O3. The fraction of sp³-hybridized carbons (Fsp3) is 0.0588. The third-order valence-electron chi connectivity index (χ3n) is 4.10. The number of imide groups is 1. The summed E-state index contributed by atoms with van der Waals surface area (Å²) in [4.78, 5) is 36.5. The first-order valence-corrected chi connectivity index (χ1v) is 7.98. The van der Waals surface area contributed by atoms with Crippen LogP contribution in [-0.4, -0.2) is 26.2 Å². The van der Waals surface area contributed by atoms with Crippen molar-refractivity contribution in [2.75, 3.05) is 5.73 Å². The van der Waals surface area contributed by atoms with E-state index in [0.29, 0.717) is 16.4 Å². The molecule has 0 unspecified atom stereocenters. The normalized spacial score (nSPS) is 13.0. The van der Waals surface area contributed by atoms with E-state index in [1.54, 1.807) is 30.6 Å². The summed E-state index contributed by atoms with van der Waals surface area (Å²) in [5.41, 5.74) is 7.15. The Morgan fingerprint density at radius 1 is 1.19 bits per heavy atom. The third-order valence-corrected chi connectivity index (χ3v) is 4.41. The highest BCUT2D eigenvalue weighted by Crippen LogP contribution is 2.30. The van der Waals surface area contributed by atoms with Crippen molar-refractivity contribution in [2.45, 2.75) is 6.92 Å². The summed E-state index contributed by atoms with van der Waals surface area (Å²) in [5.74, 6) is -1.42. The number of nitrogens with one attached hydrogen (secondary N) is 1. The van der Waals surface area contributed by atoms with Crippen molar-refractivity contribution in [3.05, 3.63) is 68.7 Å². The lowest BCUT2D eigenvalue weighted by molar-refractivity contribution is 0.0880. The van der Waals surface area contributed by atoms with E-state index in [2.05, 4.69) is 10.4 Å². The number of carbonyl (C=O) groups excluding carboxylic acids is 2. The molecule has 3 heterocycles. The molecule has 0 saturated carbocycles. The number of nitrogens with two attached hydrogens (primary N) is 1. The Morgan fingerprint density at radius 2 is 1.96 bits per heavy atom. The van der Waals surface area contributed by atoms with Gasteiger partial charge in [0, 0.05) is 12.3 Å². The van der Waals surface area contributed by atoms with Crippen LogP contribution in [0.2, 0.25) is 5.02 Å². The van der Waals surface area contributed by atoms with Crippen LogP contribution in [-0.2, 0) is 0 Å². The largest absolute Gasteiger partial charge is 0.384 e. The van der Waals surface area contributed by atoms with E-state index in [1.807, 2.05) is 6.92 Å². The Balaban J connectivity index is 2.06. The van der Waals surface area contributed by atoms with Crippen LogP contribution in [0.5, 0.6) is 0 Å². The number of anilines is 1. The van der Waals surface area contributed by atoms with Gasteiger partial charge in [-0.05, 0) is 24.6 Å². The zero-order chi connectivity index (χ0) is 18.6. The molecule has 0 atom stereocenters. The van der Waals surface area contributed by atoms with Crippen molar-refractivity contribution < 1.29 is 9.59 Å². The van der Waals surface area contributed by atoms with Gasteiger partial charge >= 0.3 is 0 Å². The molecule has 1 aliphatic rings. The lowest BCUT2D eigenvalue weighted by Gasteiger charge is -2.16. The number of rotatable bonds is 2. The number of halogens is 1. The number of para-hydroxylation sites is 1. The smallest absolute Gasteiger partial charge is 0.262 e. The molecule has 4 rings (SSSR count). The summed E-state index contributed by atoms with van der Waals surface area (Å²) in [5, 5.41) is 6.72. The molecule has 130 valence electrons. The average molecular weight is 370 g/mol. The van der Waals surface area contributed by atoms with E-state index in [1.165, 1.54) is 4.68 Å². The topological polar surface area (TPSA) is 112 Å². The molecule has 2 amide bonds. The second-order valence-corrected chi connectivity index (χ2v) is 6.25. The highest BCUT2D eigenvalue weighted by atomic mass is 35.5. The van der Waals surface area contributed by atoms with Crippen molar-refractivity contribution in [2.24, 2.45) is 0 Å². The van der Waals surface area contributed by atoms with Gasteiger partial charge < -0.3 is 5.73 Å². The van der Waals surface area contributed by atoms with Gasteiger partial charge in [0.2, 0.25) is 0 Å². The molecule has 2 aromatic heterocycles. The van der Waals surface area contributed by atoms with E-state index < -0.39 is 17.4 Å². The SMILES string of the molecule is Cc1cnn(-c2c(Cl)cccc2-n2c(N)c3c(cc2=O)C(=O)NC3=O)c1. The number of carbonyl (C=O) groups is 2. The predicted molar refractivity (Wildman–Crippen MR) is 95.1 cm³/mol. The predicted octanol–water partition coefficient (Wildman–Crippen LogP) is 1.45. The summed E-state index contributed by atoms with van der Waals surface area (Å²) in [6, 6.07) is 6.03. The molecular weight excluding hydrogens is 358 g/mol. The number of hydrogen-bond acceptors (Lipinski definition) is 5.